The highest BCUT2D eigenvalue weighted by Crippen LogP contribution is 2.35. The summed E-state index contributed by atoms with van der Waals surface area (Å²) >= 11 is 1.63. The highest BCUT2D eigenvalue weighted by Gasteiger charge is 2.26. The smallest absolute Gasteiger partial charge is 0.317 e. The van der Waals surface area contributed by atoms with Gasteiger partial charge in [0.15, 0.2) is 5.82 Å². The van der Waals surface area contributed by atoms with Gasteiger partial charge in [0.2, 0.25) is 10.1 Å². The molecule has 2 amide bonds. The predicted molar refractivity (Wildman–Crippen MR) is 144 cm³/mol. The minimum absolute atomic E-state index is 0.0463. The Morgan fingerprint density at radius 3 is 2.51 bits per heavy atom. The molecule has 0 bridgehead atoms. The van der Waals surface area contributed by atoms with Gasteiger partial charge < -0.3 is 20.4 Å². The van der Waals surface area contributed by atoms with Crippen LogP contribution in [0.1, 0.15) is 51.5 Å². The number of piperazine rings is 1. The number of carbonyl (C=O) groups excluding carboxylic acids is 1. The van der Waals surface area contributed by atoms with Crippen LogP contribution in [0.4, 0.5) is 15.7 Å². The zero-order valence-electron chi connectivity index (χ0n) is 21.1. The van der Waals surface area contributed by atoms with E-state index >= 15 is 0 Å². The lowest BCUT2D eigenvalue weighted by Gasteiger charge is -2.34. The Morgan fingerprint density at radius 1 is 1.11 bits per heavy atom. The van der Waals surface area contributed by atoms with Crippen molar-refractivity contribution in [1.29, 1.82) is 0 Å². The van der Waals surface area contributed by atoms with E-state index in [1.165, 1.54) is 31.2 Å². The standard InChI is InChI=1S/C26H37N7OS/c1-18(2)12-13-27-24(34)31-14-16-32(17-15-31)26-30-33-23(28-21-6-4-5-7-21)22(29-25(33)35-26)20-10-8-19(3)9-11-20/h8-11,18,21,28H,4-7,12-17H2,1-3H3,(H,27,34). The van der Waals surface area contributed by atoms with Gasteiger partial charge in [-0.25, -0.2) is 9.78 Å². The molecule has 2 fully saturated rings. The minimum atomic E-state index is 0.0463. The van der Waals surface area contributed by atoms with Crippen LogP contribution in [0.2, 0.25) is 0 Å². The van der Waals surface area contributed by atoms with E-state index in [9.17, 15) is 4.79 Å². The van der Waals surface area contributed by atoms with Gasteiger partial charge in [0.05, 0.1) is 0 Å². The molecule has 2 N–H and O–H groups in total. The molecule has 1 saturated heterocycles. The molecule has 1 saturated carbocycles. The molecule has 0 unspecified atom stereocenters. The van der Waals surface area contributed by atoms with Crippen molar-refractivity contribution in [2.45, 2.75) is 58.9 Å². The van der Waals surface area contributed by atoms with E-state index in [0.717, 1.165) is 53.2 Å². The van der Waals surface area contributed by atoms with Gasteiger partial charge in [-0.1, -0.05) is 67.9 Å². The summed E-state index contributed by atoms with van der Waals surface area (Å²) in [6.07, 6.45) is 5.94. The number of aromatic nitrogens is 3. The molecule has 2 aliphatic rings. The number of amides is 2. The summed E-state index contributed by atoms with van der Waals surface area (Å²) in [5.41, 5.74) is 3.34. The van der Waals surface area contributed by atoms with E-state index in [1.54, 1.807) is 11.3 Å². The minimum Gasteiger partial charge on any atom is -0.365 e. The van der Waals surface area contributed by atoms with Crippen LogP contribution in [-0.2, 0) is 0 Å². The third-order valence-electron chi connectivity index (χ3n) is 7.05. The third kappa shape index (κ3) is 5.39. The molecule has 0 radical (unpaired) electrons. The number of imidazole rings is 1. The number of hydrogen-bond donors (Lipinski definition) is 2. The van der Waals surface area contributed by atoms with Crippen molar-refractivity contribution >= 4 is 33.3 Å². The first-order valence-corrected chi connectivity index (χ1v) is 13.8. The SMILES string of the molecule is Cc1ccc(-c2nc3sc(N4CCN(C(=O)NCCC(C)C)CC4)nn3c2NC2CCCC2)cc1. The van der Waals surface area contributed by atoms with Gasteiger partial charge in [0, 0.05) is 44.3 Å². The van der Waals surface area contributed by atoms with E-state index in [4.69, 9.17) is 10.1 Å². The number of anilines is 2. The van der Waals surface area contributed by atoms with Gasteiger partial charge in [-0.05, 0) is 32.1 Å². The molecule has 1 aliphatic heterocycles. The van der Waals surface area contributed by atoms with Gasteiger partial charge in [-0.2, -0.15) is 4.52 Å². The molecule has 3 aromatic rings. The molecule has 8 nitrogen and oxygen atoms in total. The molecule has 35 heavy (non-hydrogen) atoms. The van der Waals surface area contributed by atoms with Crippen LogP contribution in [0.3, 0.4) is 0 Å². The van der Waals surface area contributed by atoms with E-state index in [-0.39, 0.29) is 6.03 Å². The maximum absolute atomic E-state index is 12.5. The summed E-state index contributed by atoms with van der Waals surface area (Å²) in [4.78, 5) is 22.6. The molecule has 3 heterocycles. The maximum atomic E-state index is 12.5. The first-order chi connectivity index (χ1) is 17.0. The molecule has 9 heteroatoms. The molecule has 0 atom stereocenters. The van der Waals surface area contributed by atoms with Crippen molar-refractivity contribution in [3.05, 3.63) is 29.8 Å². The molecule has 2 aromatic heterocycles. The Morgan fingerprint density at radius 2 is 1.83 bits per heavy atom. The van der Waals surface area contributed by atoms with Crippen molar-refractivity contribution in [3.8, 4) is 11.3 Å². The fraction of sp³-hybridized carbons (Fsp3) is 0.577. The van der Waals surface area contributed by atoms with Crippen LogP contribution in [-0.4, -0.2) is 64.3 Å². The average Bonchev–Trinajstić information content (AvgIpc) is 3.58. The van der Waals surface area contributed by atoms with Crippen LogP contribution < -0.4 is 15.5 Å². The number of hydrogen-bond acceptors (Lipinski definition) is 6. The summed E-state index contributed by atoms with van der Waals surface area (Å²) in [5.74, 6) is 1.59. The Kier molecular flexibility index (Phi) is 7.13. The van der Waals surface area contributed by atoms with Gasteiger partial charge in [-0.3, -0.25) is 0 Å². The van der Waals surface area contributed by atoms with Crippen molar-refractivity contribution in [1.82, 2.24) is 24.8 Å². The summed E-state index contributed by atoms with van der Waals surface area (Å²) in [6.45, 7) is 10.2. The summed E-state index contributed by atoms with van der Waals surface area (Å²) < 4.78 is 2.00. The fourth-order valence-corrected chi connectivity index (χ4v) is 5.81. The first kappa shape index (κ1) is 23.9. The largest absolute Gasteiger partial charge is 0.365 e. The topological polar surface area (TPSA) is 77.8 Å². The number of aryl methyl sites for hydroxylation is 1. The summed E-state index contributed by atoms with van der Waals surface area (Å²) in [6, 6.07) is 9.09. The normalized spacial score (nSPS) is 17.0. The molecule has 5 rings (SSSR count). The Balaban J connectivity index is 1.32. The Labute approximate surface area is 211 Å². The second-order valence-corrected chi connectivity index (χ2v) is 11.2. The van der Waals surface area contributed by atoms with E-state index in [1.807, 2.05) is 9.42 Å². The summed E-state index contributed by atoms with van der Waals surface area (Å²) in [5, 5.41) is 12.8. The van der Waals surface area contributed by atoms with Gasteiger partial charge in [0.25, 0.3) is 0 Å². The van der Waals surface area contributed by atoms with E-state index in [0.29, 0.717) is 25.0 Å². The lowest BCUT2D eigenvalue weighted by Crippen LogP contribution is -2.52. The fourth-order valence-electron chi connectivity index (χ4n) is 4.85. The second-order valence-electron chi connectivity index (χ2n) is 10.3. The van der Waals surface area contributed by atoms with Gasteiger partial charge in [0.1, 0.15) is 5.69 Å². The lowest BCUT2D eigenvalue weighted by atomic mass is 10.1. The second kappa shape index (κ2) is 10.4. The molecule has 1 aliphatic carbocycles. The number of fused-ring (bicyclic) bond motifs is 1. The lowest BCUT2D eigenvalue weighted by molar-refractivity contribution is 0.194. The molecule has 188 valence electrons. The molecule has 0 spiro atoms. The number of benzene rings is 1. The quantitative estimate of drug-likeness (QED) is 0.482. The van der Waals surface area contributed by atoms with Crippen LogP contribution in [0.25, 0.3) is 16.2 Å². The number of nitrogens with zero attached hydrogens (tertiary/aromatic N) is 5. The van der Waals surface area contributed by atoms with Crippen LogP contribution in [0, 0.1) is 12.8 Å². The Bertz CT molecular complexity index is 1140. The van der Waals surface area contributed by atoms with Crippen LogP contribution >= 0.6 is 11.3 Å². The van der Waals surface area contributed by atoms with Crippen molar-refractivity contribution in [3.63, 3.8) is 0 Å². The highest BCUT2D eigenvalue weighted by molar-refractivity contribution is 7.20. The number of urea groups is 1. The van der Waals surface area contributed by atoms with Gasteiger partial charge in [-0.15, -0.1) is 5.10 Å². The highest BCUT2D eigenvalue weighted by atomic mass is 32.1. The number of rotatable bonds is 7. The molecular weight excluding hydrogens is 458 g/mol. The predicted octanol–water partition coefficient (Wildman–Crippen LogP) is 5.00. The third-order valence-corrected chi connectivity index (χ3v) is 8.02. The first-order valence-electron chi connectivity index (χ1n) is 13.0. The van der Waals surface area contributed by atoms with Crippen molar-refractivity contribution in [2.24, 2.45) is 5.92 Å². The van der Waals surface area contributed by atoms with Crippen LogP contribution in [0.5, 0.6) is 0 Å². The molecular formula is C26H37N7OS. The monoisotopic (exact) mass is 495 g/mol. The molecule has 1 aromatic carbocycles. The summed E-state index contributed by atoms with van der Waals surface area (Å²) in [7, 11) is 0. The average molecular weight is 496 g/mol. The zero-order chi connectivity index (χ0) is 24.4. The van der Waals surface area contributed by atoms with Crippen molar-refractivity contribution < 1.29 is 4.79 Å². The number of nitrogens with one attached hydrogen (secondary N) is 2. The maximum Gasteiger partial charge on any atom is 0.317 e. The van der Waals surface area contributed by atoms with Gasteiger partial charge >= 0.3 is 6.03 Å². The Hall–Kier alpha value is -2.81. The van der Waals surface area contributed by atoms with Crippen molar-refractivity contribution in [2.75, 3.05) is 42.9 Å². The van der Waals surface area contributed by atoms with E-state index < -0.39 is 0 Å². The number of carbonyl (C=O) groups is 1. The zero-order valence-corrected chi connectivity index (χ0v) is 21.9. The van der Waals surface area contributed by atoms with E-state index in [2.05, 4.69) is 60.6 Å². The van der Waals surface area contributed by atoms with Crippen LogP contribution in [0.15, 0.2) is 24.3 Å².